The fourth-order valence-corrected chi connectivity index (χ4v) is 1.19. The lowest BCUT2D eigenvalue weighted by atomic mass is 10.4. The highest BCUT2D eigenvalue weighted by Gasteiger charge is 2.06. The van der Waals surface area contributed by atoms with Crippen LogP contribution >= 0.6 is 0 Å². The molecule has 0 saturated carbocycles. The second-order valence-electron chi connectivity index (χ2n) is 3.10. The summed E-state index contributed by atoms with van der Waals surface area (Å²) in [6, 6.07) is 4.01. The SMILES string of the molecule is CNCCNc1cc[n+](C)c(OC)c1. The summed E-state index contributed by atoms with van der Waals surface area (Å²) >= 11 is 0. The van der Waals surface area contributed by atoms with Crippen LogP contribution in [0.4, 0.5) is 5.69 Å². The van der Waals surface area contributed by atoms with Crippen LogP contribution in [0.3, 0.4) is 0 Å². The van der Waals surface area contributed by atoms with Gasteiger partial charge < -0.3 is 15.4 Å². The standard InChI is InChI=1S/C10H17N3O/c1-11-5-6-12-9-4-7-13(2)10(8-9)14-3/h4,7-8,11H,5-6H2,1-3H3/p+1. The highest BCUT2D eigenvalue weighted by atomic mass is 16.5. The van der Waals surface area contributed by atoms with Gasteiger partial charge in [-0.1, -0.05) is 0 Å². The first-order valence-corrected chi connectivity index (χ1v) is 4.70. The van der Waals surface area contributed by atoms with E-state index in [1.165, 1.54) is 0 Å². The van der Waals surface area contributed by atoms with Crippen LogP contribution in [0, 0.1) is 0 Å². The van der Waals surface area contributed by atoms with Gasteiger partial charge in [0.15, 0.2) is 6.20 Å². The maximum Gasteiger partial charge on any atom is 0.369 e. The molecule has 0 unspecified atom stereocenters. The molecule has 0 spiro atoms. The summed E-state index contributed by atoms with van der Waals surface area (Å²) in [4.78, 5) is 0. The third-order valence-electron chi connectivity index (χ3n) is 2.02. The van der Waals surface area contributed by atoms with Crippen molar-refractivity contribution in [2.24, 2.45) is 7.05 Å². The van der Waals surface area contributed by atoms with Gasteiger partial charge in [0.05, 0.1) is 18.9 Å². The Labute approximate surface area is 84.9 Å². The van der Waals surface area contributed by atoms with E-state index in [1.807, 2.05) is 37.0 Å². The molecule has 0 atom stereocenters. The molecule has 2 N–H and O–H groups in total. The normalized spacial score (nSPS) is 9.93. The van der Waals surface area contributed by atoms with Crippen molar-refractivity contribution in [1.29, 1.82) is 0 Å². The Hall–Kier alpha value is -1.29. The first-order valence-electron chi connectivity index (χ1n) is 4.70. The molecule has 0 aliphatic carbocycles. The molecule has 1 heterocycles. The third-order valence-corrected chi connectivity index (χ3v) is 2.02. The first kappa shape index (κ1) is 10.8. The van der Waals surface area contributed by atoms with Crippen LogP contribution in [0.5, 0.6) is 5.88 Å². The van der Waals surface area contributed by atoms with Gasteiger partial charge in [0.2, 0.25) is 0 Å². The van der Waals surface area contributed by atoms with Crippen LogP contribution in [-0.4, -0.2) is 27.2 Å². The maximum atomic E-state index is 5.20. The number of hydrogen-bond acceptors (Lipinski definition) is 3. The molecule has 0 bridgehead atoms. The number of pyridine rings is 1. The topological polar surface area (TPSA) is 37.2 Å². The number of ether oxygens (including phenoxy) is 1. The van der Waals surface area contributed by atoms with Crippen molar-refractivity contribution in [2.45, 2.75) is 0 Å². The van der Waals surface area contributed by atoms with Gasteiger partial charge in [-0.15, -0.1) is 0 Å². The van der Waals surface area contributed by atoms with E-state index in [0.29, 0.717) is 0 Å². The van der Waals surface area contributed by atoms with E-state index < -0.39 is 0 Å². The Balaban J connectivity index is 2.60. The molecule has 0 fully saturated rings. The quantitative estimate of drug-likeness (QED) is 0.520. The van der Waals surface area contributed by atoms with Crippen molar-refractivity contribution in [1.82, 2.24) is 5.32 Å². The summed E-state index contributed by atoms with van der Waals surface area (Å²) in [5, 5.41) is 6.37. The van der Waals surface area contributed by atoms with Crippen LogP contribution in [-0.2, 0) is 7.05 Å². The zero-order chi connectivity index (χ0) is 10.4. The molecule has 4 nitrogen and oxygen atoms in total. The predicted octanol–water partition coefficient (Wildman–Crippen LogP) is 0.151. The Morgan fingerprint density at radius 1 is 1.43 bits per heavy atom. The molecule has 0 aliphatic heterocycles. The summed E-state index contributed by atoms with van der Waals surface area (Å²) in [5.74, 6) is 0.847. The van der Waals surface area contributed by atoms with Gasteiger partial charge in [0, 0.05) is 19.2 Å². The monoisotopic (exact) mass is 196 g/mol. The number of nitrogens with one attached hydrogen (secondary N) is 2. The van der Waals surface area contributed by atoms with Gasteiger partial charge in [0.1, 0.15) is 7.05 Å². The smallest absolute Gasteiger partial charge is 0.369 e. The molecule has 4 heteroatoms. The van der Waals surface area contributed by atoms with E-state index >= 15 is 0 Å². The van der Waals surface area contributed by atoms with Gasteiger partial charge in [0.25, 0.3) is 0 Å². The maximum absolute atomic E-state index is 5.20. The molecule has 78 valence electrons. The largest absolute Gasteiger partial charge is 0.448 e. The van der Waals surface area contributed by atoms with Crippen LogP contribution in [0.15, 0.2) is 18.3 Å². The summed E-state index contributed by atoms with van der Waals surface area (Å²) in [6.07, 6.45) is 1.97. The highest BCUT2D eigenvalue weighted by Crippen LogP contribution is 2.10. The average molecular weight is 196 g/mol. The Kier molecular flexibility index (Phi) is 4.19. The molecule has 0 saturated heterocycles. The number of hydrogen-bond donors (Lipinski definition) is 2. The van der Waals surface area contributed by atoms with Gasteiger partial charge in [-0.2, -0.15) is 4.57 Å². The number of methoxy groups -OCH3 is 1. The summed E-state index contributed by atoms with van der Waals surface area (Å²) < 4.78 is 7.13. The van der Waals surface area contributed by atoms with E-state index in [-0.39, 0.29) is 0 Å². The molecule has 0 aromatic carbocycles. The van der Waals surface area contributed by atoms with Crippen molar-refractivity contribution in [3.63, 3.8) is 0 Å². The number of anilines is 1. The van der Waals surface area contributed by atoms with Crippen LogP contribution in [0.25, 0.3) is 0 Å². The highest BCUT2D eigenvalue weighted by molar-refractivity contribution is 5.43. The van der Waals surface area contributed by atoms with Crippen LogP contribution in [0.2, 0.25) is 0 Å². The molecule has 0 amide bonds. The molecular formula is C10H18N3O+. The van der Waals surface area contributed by atoms with E-state index in [9.17, 15) is 0 Å². The number of likely N-dealkylation sites (N-methyl/N-ethyl adjacent to an activating group) is 1. The summed E-state index contributed by atoms with van der Waals surface area (Å²) in [7, 11) is 5.57. The van der Waals surface area contributed by atoms with Crippen molar-refractivity contribution in [3.8, 4) is 5.88 Å². The van der Waals surface area contributed by atoms with Gasteiger partial charge >= 0.3 is 5.88 Å². The Morgan fingerprint density at radius 3 is 2.86 bits per heavy atom. The fraction of sp³-hybridized carbons (Fsp3) is 0.500. The second kappa shape index (κ2) is 5.44. The van der Waals surface area contributed by atoms with E-state index in [2.05, 4.69) is 10.6 Å². The zero-order valence-electron chi connectivity index (χ0n) is 9.00. The summed E-state index contributed by atoms with van der Waals surface area (Å²) in [6.45, 7) is 1.86. The second-order valence-corrected chi connectivity index (χ2v) is 3.10. The Bertz CT molecular complexity index is 289. The lowest BCUT2D eigenvalue weighted by Crippen LogP contribution is -2.29. The number of aromatic nitrogens is 1. The van der Waals surface area contributed by atoms with Crippen LogP contribution < -0.4 is 19.9 Å². The first-order chi connectivity index (χ1) is 6.77. The summed E-state index contributed by atoms with van der Waals surface area (Å²) in [5.41, 5.74) is 1.08. The molecule has 0 aliphatic rings. The zero-order valence-corrected chi connectivity index (χ0v) is 9.00. The minimum atomic E-state index is 0.847. The minimum absolute atomic E-state index is 0.847. The number of nitrogens with zero attached hydrogens (tertiary/aromatic N) is 1. The minimum Gasteiger partial charge on any atom is -0.448 e. The van der Waals surface area contributed by atoms with Crippen molar-refractivity contribution in [2.75, 3.05) is 32.6 Å². The molecule has 0 radical (unpaired) electrons. The van der Waals surface area contributed by atoms with E-state index in [0.717, 1.165) is 24.7 Å². The lowest BCUT2D eigenvalue weighted by Gasteiger charge is -2.05. The van der Waals surface area contributed by atoms with Crippen LogP contribution in [0.1, 0.15) is 0 Å². The molecule has 14 heavy (non-hydrogen) atoms. The average Bonchev–Trinajstić information content (AvgIpc) is 2.21. The van der Waals surface area contributed by atoms with Crippen molar-refractivity contribution >= 4 is 5.69 Å². The third kappa shape index (κ3) is 2.88. The molecule has 1 rings (SSSR count). The van der Waals surface area contributed by atoms with Gasteiger partial charge in [-0.05, 0) is 7.05 Å². The van der Waals surface area contributed by atoms with Gasteiger partial charge in [-0.3, -0.25) is 0 Å². The molecule has 1 aromatic rings. The molecule has 1 aromatic heterocycles. The number of aryl methyl sites for hydroxylation is 1. The van der Waals surface area contributed by atoms with Crippen molar-refractivity contribution in [3.05, 3.63) is 18.3 Å². The fourth-order valence-electron chi connectivity index (χ4n) is 1.19. The van der Waals surface area contributed by atoms with Gasteiger partial charge in [-0.25, -0.2) is 0 Å². The lowest BCUT2D eigenvalue weighted by molar-refractivity contribution is -0.676. The molecular weight excluding hydrogens is 178 g/mol. The number of rotatable bonds is 5. The Morgan fingerprint density at radius 2 is 2.21 bits per heavy atom. The predicted molar refractivity (Wildman–Crippen MR) is 56.6 cm³/mol. The van der Waals surface area contributed by atoms with E-state index in [1.54, 1.807) is 7.11 Å². The van der Waals surface area contributed by atoms with Crippen molar-refractivity contribution < 1.29 is 9.30 Å². The van der Waals surface area contributed by atoms with E-state index in [4.69, 9.17) is 4.74 Å².